The third-order valence-electron chi connectivity index (χ3n) is 2.29. The average molecular weight is 287 g/mol. The van der Waals surface area contributed by atoms with E-state index in [1.807, 2.05) is 13.8 Å². The van der Waals surface area contributed by atoms with Crippen molar-refractivity contribution in [3.63, 3.8) is 0 Å². The first-order valence-corrected chi connectivity index (χ1v) is 6.60. The van der Waals surface area contributed by atoms with Gasteiger partial charge in [-0.2, -0.15) is 0 Å². The van der Waals surface area contributed by atoms with Crippen LogP contribution >= 0.6 is 11.6 Å². The molecule has 0 aliphatic rings. The standard InChI is InChI=1S/C12H19ClN4O2/c1-4-14-12(18)8(3)15-10-6-9(13)16-11(17-10)7-19-5-2/h6,8H,4-5,7H2,1-3H3,(H,14,18)(H,15,16,17). The maximum Gasteiger partial charge on any atom is 0.242 e. The molecule has 0 aliphatic heterocycles. The maximum atomic E-state index is 11.6. The Morgan fingerprint density at radius 1 is 1.47 bits per heavy atom. The number of hydrogen-bond acceptors (Lipinski definition) is 5. The van der Waals surface area contributed by atoms with Gasteiger partial charge >= 0.3 is 0 Å². The number of hydrogen-bond donors (Lipinski definition) is 2. The van der Waals surface area contributed by atoms with E-state index in [1.54, 1.807) is 13.0 Å². The van der Waals surface area contributed by atoms with Gasteiger partial charge in [-0.05, 0) is 20.8 Å². The number of likely N-dealkylation sites (N-methyl/N-ethyl adjacent to an activating group) is 1. The van der Waals surface area contributed by atoms with Crippen molar-refractivity contribution >= 4 is 23.3 Å². The van der Waals surface area contributed by atoms with E-state index in [4.69, 9.17) is 16.3 Å². The lowest BCUT2D eigenvalue weighted by Crippen LogP contribution is -2.37. The molecule has 0 aromatic carbocycles. The number of carbonyl (C=O) groups excluding carboxylic acids is 1. The Kier molecular flexibility index (Phi) is 6.52. The minimum atomic E-state index is -0.397. The zero-order valence-electron chi connectivity index (χ0n) is 11.4. The van der Waals surface area contributed by atoms with Crippen LogP contribution in [-0.4, -0.2) is 35.1 Å². The van der Waals surface area contributed by atoms with E-state index < -0.39 is 6.04 Å². The SMILES string of the molecule is CCNC(=O)C(C)Nc1cc(Cl)nc(COCC)n1. The van der Waals surface area contributed by atoms with Gasteiger partial charge in [0.05, 0.1) is 0 Å². The third-order valence-corrected chi connectivity index (χ3v) is 2.48. The second-order valence-corrected chi connectivity index (χ2v) is 4.28. The van der Waals surface area contributed by atoms with Crippen molar-refractivity contribution in [1.82, 2.24) is 15.3 Å². The van der Waals surface area contributed by atoms with Gasteiger partial charge in [-0.25, -0.2) is 9.97 Å². The minimum absolute atomic E-state index is 0.0939. The van der Waals surface area contributed by atoms with Crippen LogP contribution in [0.15, 0.2) is 6.07 Å². The molecule has 0 saturated carbocycles. The Balaban J connectivity index is 2.71. The van der Waals surface area contributed by atoms with Gasteiger partial charge in [0.2, 0.25) is 5.91 Å². The predicted octanol–water partition coefficient (Wildman–Crippen LogP) is 1.60. The van der Waals surface area contributed by atoms with Gasteiger partial charge in [0.15, 0.2) is 5.82 Å². The van der Waals surface area contributed by atoms with Crippen LogP contribution in [0.25, 0.3) is 0 Å². The summed E-state index contributed by atoms with van der Waals surface area (Å²) >= 11 is 5.91. The summed E-state index contributed by atoms with van der Waals surface area (Å²) in [5.41, 5.74) is 0. The summed E-state index contributed by atoms with van der Waals surface area (Å²) in [7, 11) is 0. The molecule has 19 heavy (non-hydrogen) atoms. The monoisotopic (exact) mass is 286 g/mol. The number of aromatic nitrogens is 2. The fourth-order valence-corrected chi connectivity index (χ4v) is 1.61. The lowest BCUT2D eigenvalue weighted by molar-refractivity contribution is -0.121. The molecule has 0 fully saturated rings. The molecule has 1 heterocycles. The number of carbonyl (C=O) groups is 1. The lowest BCUT2D eigenvalue weighted by Gasteiger charge is -2.14. The highest BCUT2D eigenvalue weighted by molar-refractivity contribution is 6.29. The van der Waals surface area contributed by atoms with Crippen LogP contribution < -0.4 is 10.6 Å². The summed E-state index contributed by atoms with van der Waals surface area (Å²) in [6.45, 7) is 6.97. The number of amides is 1. The highest BCUT2D eigenvalue weighted by atomic mass is 35.5. The summed E-state index contributed by atoms with van der Waals surface area (Å²) in [5.74, 6) is 0.900. The molecule has 7 heteroatoms. The van der Waals surface area contributed by atoms with E-state index in [0.717, 1.165) is 0 Å². The molecule has 0 aliphatic carbocycles. The number of ether oxygens (including phenoxy) is 1. The molecule has 1 amide bonds. The van der Waals surface area contributed by atoms with Gasteiger partial charge < -0.3 is 15.4 Å². The zero-order valence-corrected chi connectivity index (χ0v) is 12.1. The Labute approximate surface area is 117 Å². The molecule has 1 unspecified atom stereocenters. The highest BCUT2D eigenvalue weighted by Gasteiger charge is 2.13. The molecule has 0 saturated heterocycles. The molecule has 1 rings (SSSR count). The predicted molar refractivity (Wildman–Crippen MR) is 74.1 cm³/mol. The number of nitrogens with zero attached hydrogens (tertiary/aromatic N) is 2. The molecule has 2 N–H and O–H groups in total. The Morgan fingerprint density at radius 3 is 2.84 bits per heavy atom. The van der Waals surface area contributed by atoms with Crippen molar-refractivity contribution in [2.75, 3.05) is 18.5 Å². The molecule has 0 bridgehead atoms. The van der Waals surface area contributed by atoms with E-state index in [1.165, 1.54) is 0 Å². The van der Waals surface area contributed by atoms with E-state index >= 15 is 0 Å². The second kappa shape index (κ2) is 7.91. The van der Waals surface area contributed by atoms with E-state index in [-0.39, 0.29) is 5.91 Å². The Bertz CT molecular complexity index is 428. The van der Waals surface area contributed by atoms with Crippen LogP contribution in [0.1, 0.15) is 26.6 Å². The van der Waals surface area contributed by atoms with Crippen LogP contribution in [0.3, 0.4) is 0 Å². The fraction of sp³-hybridized carbons (Fsp3) is 0.583. The first-order chi connectivity index (χ1) is 9.06. The van der Waals surface area contributed by atoms with E-state index in [2.05, 4.69) is 20.6 Å². The number of anilines is 1. The Hall–Kier alpha value is -1.40. The summed E-state index contributed by atoms with van der Waals surface area (Å²) < 4.78 is 5.23. The largest absolute Gasteiger partial charge is 0.374 e. The zero-order chi connectivity index (χ0) is 14.3. The molecule has 6 nitrogen and oxygen atoms in total. The summed E-state index contributed by atoms with van der Waals surface area (Å²) in [4.78, 5) is 19.9. The second-order valence-electron chi connectivity index (χ2n) is 3.89. The molecule has 1 aromatic rings. The first kappa shape index (κ1) is 15.7. The summed E-state index contributed by atoms with van der Waals surface area (Å²) in [6, 6.07) is 1.18. The van der Waals surface area contributed by atoms with Crippen LogP contribution in [0, 0.1) is 0 Å². The van der Waals surface area contributed by atoms with E-state index in [0.29, 0.717) is 36.6 Å². The smallest absolute Gasteiger partial charge is 0.242 e. The normalized spacial score (nSPS) is 12.0. The van der Waals surface area contributed by atoms with Gasteiger partial charge in [0.25, 0.3) is 0 Å². The quantitative estimate of drug-likeness (QED) is 0.745. The van der Waals surface area contributed by atoms with Crippen molar-refractivity contribution in [2.24, 2.45) is 0 Å². The van der Waals surface area contributed by atoms with Crippen molar-refractivity contribution < 1.29 is 9.53 Å². The molecule has 106 valence electrons. The van der Waals surface area contributed by atoms with Crippen LogP contribution in [0.5, 0.6) is 0 Å². The molecular formula is C12H19ClN4O2. The molecule has 0 spiro atoms. The molecule has 0 radical (unpaired) electrons. The van der Waals surface area contributed by atoms with Crippen LogP contribution in [0.2, 0.25) is 5.15 Å². The lowest BCUT2D eigenvalue weighted by atomic mass is 10.3. The van der Waals surface area contributed by atoms with Crippen LogP contribution in [-0.2, 0) is 16.1 Å². The molecule has 1 aromatic heterocycles. The fourth-order valence-electron chi connectivity index (χ4n) is 1.41. The summed E-state index contributed by atoms with van der Waals surface area (Å²) in [6.07, 6.45) is 0. The number of rotatable bonds is 7. The summed E-state index contributed by atoms with van der Waals surface area (Å²) in [5, 5.41) is 6.02. The highest BCUT2D eigenvalue weighted by Crippen LogP contribution is 2.13. The topological polar surface area (TPSA) is 76.1 Å². The Morgan fingerprint density at radius 2 is 2.21 bits per heavy atom. The number of halogens is 1. The van der Waals surface area contributed by atoms with Gasteiger partial charge in [-0.1, -0.05) is 11.6 Å². The van der Waals surface area contributed by atoms with E-state index in [9.17, 15) is 4.79 Å². The van der Waals surface area contributed by atoms with Gasteiger partial charge in [-0.3, -0.25) is 4.79 Å². The first-order valence-electron chi connectivity index (χ1n) is 6.22. The molecule has 1 atom stereocenters. The van der Waals surface area contributed by atoms with Crippen molar-refractivity contribution in [1.29, 1.82) is 0 Å². The van der Waals surface area contributed by atoms with Crippen LogP contribution in [0.4, 0.5) is 5.82 Å². The maximum absolute atomic E-state index is 11.6. The van der Waals surface area contributed by atoms with Crippen molar-refractivity contribution in [3.05, 3.63) is 17.0 Å². The van der Waals surface area contributed by atoms with Gasteiger partial charge in [0, 0.05) is 19.2 Å². The van der Waals surface area contributed by atoms with Crippen molar-refractivity contribution in [2.45, 2.75) is 33.4 Å². The molecular weight excluding hydrogens is 268 g/mol. The number of nitrogens with one attached hydrogen (secondary N) is 2. The van der Waals surface area contributed by atoms with Crippen molar-refractivity contribution in [3.8, 4) is 0 Å². The minimum Gasteiger partial charge on any atom is -0.374 e. The third kappa shape index (κ3) is 5.40. The average Bonchev–Trinajstić information content (AvgIpc) is 2.36. The van der Waals surface area contributed by atoms with Gasteiger partial charge in [0.1, 0.15) is 23.6 Å². The van der Waals surface area contributed by atoms with Gasteiger partial charge in [-0.15, -0.1) is 0 Å².